The average molecular weight is 202 g/mol. The average Bonchev–Trinajstić information content (AvgIpc) is 2.08. The van der Waals surface area contributed by atoms with Crippen LogP contribution in [0.4, 0.5) is 0 Å². The van der Waals surface area contributed by atoms with Gasteiger partial charge in [0, 0.05) is 18.8 Å². The molecule has 3 nitrogen and oxygen atoms in total. The highest BCUT2D eigenvalue weighted by atomic mass is 35.5. The Morgan fingerprint density at radius 3 is 2.77 bits per heavy atom. The molecule has 0 aliphatic heterocycles. The molecule has 0 spiro atoms. The zero-order chi connectivity index (χ0) is 9.84. The van der Waals surface area contributed by atoms with Crippen molar-refractivity contribution in [2.75, 3.05) is 0 Å². The maximum Gasteiger partial charge on any atom is 0.0837 e. The Bertz CT molecular complexity index is 278. The lowest BCUT2D eigenvalue weighted by atomic mass is 10.1. The van der Waals surface area contributed by atoms with Crippen LogP contribution in [0, 0.1) is 0 Å². The molecule has 0 bridgehead atoms. The molecule has 0 aliphatic rings. The van der Waals surface area contributed by atoms with Crippen LogP contribution in [0.25, 0.3) is 0 Å². The van der Waals surface area contributed by atoms with Gasteiger partial charge in [-0.2, -0.15) is 0 Å². The number of hydrogen-bond acceptors (Lipinski definition) is 3. The highest BCUT2D eigenvalue weighted by molar-refractivity contribution is 6.31. The summed E-state index contributed by atoms with van der Waals surface area (Å²) in [5.74, 6) is 0. The minimum atomic E-state index is -0.778. The fraction of sp³-hybridized carbons (Fsp3) is 0.444. The molecular weight excluding hydrogens is 190 g/mol. The Morgan fingerprint density at radius 2 is 2.23 bits per heavy atom. The van der Waals surface area contributed by atoms with Gasteiger partial charge >= 0.3 is 0 Å². The van der Waals surface area contributed by atoms with Crippen LogP contribution >= 0.6 is 11.6 Å². The molecule has 0 amide bonds. The van der Waals surface area contributed by atoms with Crippen molar-refractivity contribution < 1.29 is 10.2 Å². The topological polar surface area (TPSA) is 53.4 Å². The van der Waals surface area contributed by atoms with Crippen LogP contribution in [-0.2, 0) is 6.42 Å². The number of aromatic nitrogens is 1. The van der Waals surface area contributed by atoms with Crippen LogP contribution in [0.2, 0.25) is 5.02 Å². The van der Waals surface area contributed by atoms with Gasteiger partial charge in [0.2, 0.25) is 0 Å². The lowest BCUT2D eigenvalue weighted by Crippen LogP contribution is -2.24. The standard InChI is InChI=1S/C9H12ClNO2/c1-6(12)9(13)4-7-2-3-11-5-8(7)10/h2-3,5-6,9,12-13H,4H2,1H3. The summed E-state index contributed by atoms with van der Waals surface area (Å²) in [6.45, 7) is 1.54. The Morgan fingerprint density at radius 1 is 1.54 bits per heavy atom. The summed E-state index contributed by atoms with van der Waals surface area (Å²) >= 11 is 5.82. The molecule has 2 unspecified atom stereocenters. The second kappa shape index (κ2) is 4.56. The minimum Gasteiger partial charge on any atom is -0.391 e. The highest BCUT2D eigenvalue weighted by Gasteiger charge is 2.12. The van der Waals surface area contributed by atoms with Gasteiger partial charge in [-0.15, -0.1) is 0 Å². The number of aliphatic hydroxyl groups is 2. The van der Waals surface area contributed by atoms with Crippen molar-refractivity contribution >= 4 is 11.6 Å². The largest absolute Gasteiger partial charge is 0.391 e. The van der Waals surface area contributed by atoms with Gasteiger partial charge in [0.05, 0.1) is 17.2 Å². The first kappa shape index (κ1) is 10.4. The molecule has 1 aromatic heterocycles. The lowest BCUT2D eigenvalue weighted by molar-refractivity contribution is 0.0320. The number of halogens is 1. The molecule has 1 rings (SSSR count). The zero-order valence-corrected chi connectivity index (χ0v) is 8.07. The smallest absolute Gasteiger partial charge is 0.0837 e. The molecule has 0 radical (unpaired) electrons. The molecule has 4 heteroatoms. The van der Waals surface area contributed by atoms with E-state index in [0.717, 1.165) is 5.56 Å². The Hall–Kier alpha value is -0.640. The first-order valence-electron chi connectivity index (χ1n) is 4.05. The number of rotatable bonds is 3. The van der Waals surface area contributed by atoms with E-state index in [1.807, 2.05) is 0 Å². The first-order chi connectivity index (χ1) is 6.11. The van der Waals surface area contributed by atoms with Crippen LogP contribution in [-0.4, -0.2) is 27.4 Å². The SMILES string of the molecule is CC(O)C(O)Cc1ccncc1Cl. The van der Waals surface area contributed by atoms with Crippen LogP contribution in [0.1, 0.15) is 12.5 Å². The molecule has 72 valence electrons. The summed E-state index contributed by atoms with van der Waals surface area (Å²) in [5, 5.41) is 19.0. The van der Waals surface area contributed by atoms with Crippen molar-refractivity contribution in [1.82, 2.24) is 4.98 Å². The summed E-state index contributed by atoms with van der Waals surface area (Å²) in [4.78, 5) is 3.82. The fourth-order valence-electron chi connectivity index (χ4n) is 0.965. The molecule has 13 heavy (non-hydrogen) atoms. The molecule has 1 aromatic rings. The van der Waals surface area contributed by atoms with Gasteiger partial charge < -0.3 is 10.2 Å². The van der Waals surface area contributed by atoms with Gasteiger partial charge in [-0.25, -0.2) is 0 Å². The van der Waals surface area contributed by atoms with Crippen molar-refractivity contribution in [2.45, 2.75) is 25.6 Å². The Balaban J connectivity index is 2.69. The van der Waals surface area contributed by atoms with E-state index < -0.39 is 12.2 Å². The van der Waals surface area contributed by atoms with E-state index in [-0.39, 0.29) is 0 Å². The van der Waals surface area contributed by atoms with E-state index in [9.17, 15) is 5.11 Å². The quantitative estimate of drug-likeness (QED) is 0.768. The summed E-state index contributed by atoms with van der Waals surface area (Å²) in [6, 6.07) is 1.73. The molecule has 0 saturated carbocycles. The van der Waals surface area contributed by atoms with Crippen molar-refractivity contribution in [3.8, 4) is 0 Å². The van der Waals surface area contributed by atoms with Gasteiger partial charge in [-0.1, -0.05) is 11.6 Å². The maximum absolute atomic E-state index is 9.38. The third kappa shape index (κ3) is 2.95. The second-order valence-corrected chi connectivity index (χ2v) is 3.39. The van der Waals surface area contributed by atoms with E-state index in [2.05, 4.69) is 4.98 Å². The highest BCUT2D eigenvalue weighted by Crippen LogP contribution is 2.16. The molecule has 0 aliphatic carbocycles. The Kier molecular flexibility index (Phi) is 3.66. The molecule has 0 saturated heterocycles. The van der Waals surface area contributed by atoms with E-state index in [4.69, 9.17) is 16.7 Å². The van der Waals surface area contributed by atoms with Gasteiger partial charge in [-0.3, -0.25) is 4.98 Å². The molecule has 0 fully saturated rings. The summed E-state index contributed by atoms with van der Waals surface area (Å²) in [5.41, 5.74) is 0.796. The van der Waals surface area contributed by atoms with Crippen LogP contribution in [0.5, 0.6) is 0 Å². The number of nitrogens with zero attached hydrogens (tertiary/aromatic N) is 1. The van der Waals surface area contributed by atoms with Crippen LogP contribution in [0.15, 0.2) is 18.5 Å². The van der Waals surface area contributed by atoms with Crippen molar-refractivity contribution in [3.63, 3.8) is 0 Å². The Labute approximate surface area is 82.0 Å². The molecule has 2 N–H and O–H groups in total. The second-order valence-electron chi connectivity index (χ2n) is 2.98. The van der Waals surface area contributed by atoms with Crippen molar-refractivity contribution in [1.29, 1.82) is 0 Å². The predicted octanol–water partition coefficient (Wildman–Crippen LogP) is 1.02. The summed E-state index contributed by atoms with van der Waals surface area (Å²) in [7, 11) is 0. The number of hydrogen-bond donors (Lipinski definition) is 2. The monoisotopic (exact) mass is 201 g/mol. The third-order valence-corrected chi connectivity index (χ3v) is 2.18. The van der Waals surface area contributed by atoms with Crippen LogP contribution in [0.3, 0.4) is 0 Å². The first-order valence-corrected chi connectivity index (χ1v) is 4.43. The minimum absolute atomic E-state index is 0.346. The van der Waals surface area contributed by atoms with Gasteiger partial charge in [0.1, 0.15) is 0 Å². The van der Waals surface area contributed by atoms with E-state index >= 15 is 0 Å². The van der Waals surface area contributed by atoms with Crippen molar-refractivity contribution in [2.24, 2.45) is 0 Å². The maximum atomic E-state index is 9.38. The molecule has 1 heterocycles. The number of aliphatic hydroxyl groups excluding tert-OH is 2. The summed E-state index contributed by atoms with van der Waals surface area (Å²) in [6.07, 6.45) is 1.95. The van der Waals surface area contributed by atoms with E-state index in [0.29, 0.717) is 11.4 Å². The molecule has 2 atom stereocenters. The predicted molar refractivity (Wildman–Crippen MR) is 50.6 cm³/mol. The normalized spacial score (nSPS) is 15.4. The number of pyridine rings is 1. The fourth-order valence-corrected chi connectivity index (χ4v) is 1.16. The summed E-state index contributed by atoms with van der Waals surface area (Å²) < 4.78 is 0. The van der Waals surface area contributed by atoms with E-state index in [1.54, 1.807) is 19.2 Å². The molecular formula is C9H12ClNO2. The molecule has 0 aromatic carbocycles. The van der Waals surface area contributed by atoms with Crippen molar-refractivity contribution in [3.05, 3.63) is 29.0 Å². The van der Waals surface area contributed by atoms with Gasteiger partial charge in [0.25, 0.3) is 0 Å². The van der Waals surface area contributed by atoms with Crippen LogP contribution < -0.4 is 0 Å². The zero-order valence-electron chi connectivity index (χ0n) is 7.31. The van der Waals surface area contributed by atoms with Gasteiger partial charge in [0.15, 0.2) is 0 Å². The third-order valence-electron chi connectivity index (χ3n) is 1.84. The van der Waals surface area contributed by atoms with Gasteiger partial charge in [-0.05, 0) is 18.6 Å². The lowest BCUT2D eigenvalue weighted by Gasteiger charge is -2.13. The van der Waals surface area contributed by atoms with E-state index in [1.165, 1.54) is 6.20 Å².